The third kappa shape index (κ3) is 2.67. The van der Waals surface area contributed by atoms with E-state index in [1.807, 2.05) is 0 Å². The first-order chi connectivity index (χ1) is 12.6. The molecule has 0 unspecified atom stereocenters. The molecule has 0 fully saturated rings. The molecule has 0 saturated carbocycles. The predicted molar refractivity (Wildman–Crippen MR) is 95.6 cm³/mol. The van der Waals surface area contributed by atoms with E-state index in [0.717, 1.165) is 11.1 Å². The van der Waals surface area contributed by atoms with Crippen molar-refractivity contribution in [3.63, 3.8) is 0 Å². The van der Waals surface area contributed by atoms with Crippen molar-refractivity contribution < 1.29 is 0 Å². The second-order valence-corrected chi connectivity index (χ2v) is 5.76. The minimum absolute atomic E-state index is 0.163. The Labute approximate surface area is 147 Å². The minimum atomic E-state index is -0.432. The Morgan fingerprint density at radius 2 is 1.62 bits per heavy atom. The monoisotopic (exact) mass is 346 g/mol. The highest BCUT2D eigenvalue weighted by Gasteiger charge is 2.14. The molecule has 26 heavy (non-hydrogen) atoms. The highest BCUT2D eigenvalue weighted by atomic mass is 16.2. The fourth-order valence-electron chi connectivity index (χ4n) is 2.73. The molecule has 0 aliphatic rings. The molecule has 0 N–H and O–H groups in total. The Bertz CT molecular complexity index is 1200. The summed E-state index contributed by atoms with van der Waals surface area (Å²) in [5.74, 6) is 0.432. The minimum Gasteiger partial charge on any atom is -0.280 e. The first-order valence-corrected chi connectivity index (χ1v) is 7.91. The number of aromatic nitrogens is 6. The van der Waals surface area contributed by atoms with E-state index in [-0.39, 0.29) is 6.54 Å². The van der Waals surface area contributed by atoms with E-state index in [1.165, 1.54) is 15.3 Å². The quantitative estimate of drug-likeness (QED) is 0.549. The number of nitrogens with zero attached hydrogens (tertiary/aromatic N) is 6. The number of fused-ring (bicyclic) bond motifs is 1. The summed E-state index contributed by atoms with van der Waals surface area (Å²) in [5, 5.41) is 0.291. The smallest absolute Gasteiger partial charge is 0.280 e. The van der Waals surface area contributed by atoms with Gasteiger partial charge in [0.25, 0.3) is 5.56 Å². The summed E-state index contributed by atoms with van der Waals surface area (Å²) >= 11 is 0. The van der Waals surface area contributed by atoms with Gasteiger partial charge in [0.15, 0.2) is 11.5 Å². The lowest BCUT2D eigenvalue weighted by molar-refractivity contribution is 0.656. The Kier molecular flexibility index (Phi) is 3.85. The maximum atomic E-state index is 12.8. The zero-order valence-corrected chi connectivity index (χ0v) is 13.9. The van der Waals surface area contributed by atoms with E-state index in [0.29, 0.717) is 16.9 Å². The first kappa shape index (κ1) is 15.8. The van der Waals surface area contributed by atoms with Crippen LogP contribution >= 0.6 is 0 Å². The second kappa shape index (κ2) is 6.32. The zero-order chi connectivity index (χ0) is 18.1. The van der Waals surface area contributed by atoms with Gasteiger partial charge in [0, 0.05) is 43.6 Å². The van der Waals surface area contributed by atoms with Crippen LogP contribution in [0.3, 0.4) is 0 Å². The van der Waals surface area contributed by atoms with Gasteiger partial charge in [-0.1, -0.05) is 0 Å². The van der Waals surface area contributed by atoms with Gasteiger partial charge in [0.05, 0.1) is 6.54 Å². The maximum Gasteiger partial charge on any atom is 0.332 e. The topological polar surface area (TPSA) is 95.6 Å². The van der Waals surface area contributed by atoms with Crippen LogP contribution in [0.15, 0.2) is 64.8 Å². The lowest BCUT2D eigenvalue weighted by Gasteiger charge is -2.10. The molecule has 8 nitrogen and oxygen atoms in total. The molecule has 0 amide bonds. The largest absolute Gasteiger partial charge is 0.332 e. The number of rotatable bonds is 3. The average molecular weight is 346 g/mol. The van der Waals surface area contributed by atoms with Crippen molar-refractivity contribution in [2.24, 2.45) is 7.05 Å². The van der Waals surface area contributed by atoms with Crippen LogP contribution in [0, 0.1) is 0 Å². The molecule has 8 heteroatoms. The number of hydrogen-bond acceptors (Lipinski definition) is 6. The SMILES string of the molecule is Cn1c(=O)n(Cc2ccncc2)c(=O)c2cnc(-c3ccncc3)nc21. The zero-order valence-electron chi connectivity index (χ0n) is 13.9. The Morgan fingerprint density at radius 3 is 2.31 bits per heavy atom. The van der Waals surface area contributed by atoms with E-state index < -0.39 is 11.2 Å². The molecule has 128 valence electrons. The molecular formula is C18H14N6O2. The van der Waals surface area contributed by atoms with Gasteiger partial charge < -0.3 is 0 Å². The normalized spacial score (nSPS) is 11.0. The van der Waals surface area contributed by atoms with Gasteiger partial charge in [-0.05, 0) is 29.8 Å². The molecule has 0 spiro atoms. The van der Waals surface area contributed by atoms with Crippen LogP contribution in [0.5, 0.6) is 0 Å². The average Bonchev–Trinajstić information content (AvgIpc) is 2.70. The molecule has 4 rings (SSSR count). The molecule has 0 saturated heterocycles. The lowest BCUT2D eigenvalue weighted by atomic mass is 10.2. The molecule has 0 aliphatic heterocycles. The van der Waals surface area contributed by atoms with Gasteiger partial charge >= 0.3 is 5.69 Å². The van der Waals surface area contributed by atoms with Crippen LogP contribution in [-0.2, 0) is 13.6 Å². The van der Waals surface area contributed by atoms with E-state index in [1.54, 1.807) is 56.1 Å². The summed E-state index contributed by atoms with van der Waals surface area (Å²) in [7, 11) is 1.59. The van der Waals surface area contributed by atoms with Gasteiger partial charge in [-0.25, -0.2) is 14.8 Å². The van der Waals surface area contributed by atoms with Gasteiger partial charge in [-0.2, -0.15) is 0 Å². The van der Waals surface area contributed by atoms with Crippen LogP contribution < -0.4 is 11.2 Å². The molecule has 0 atom stereocenters. The van der Waals surface area contributed by atoms with Gasteiger partial charge in [-0.3, -0.25) is 23.9 Å². The van der Waals surface area contributed by atoms with E-state index in [2.05, 4.69) is 19.9 Å². The van der Waals surface area contributed by atoms with E-state index >= 15 is 0 Å². The summed E-state index contributed by atoms with van der Waals surface area (Å²) < 4.78 is 2.54. The number of aryl methyl sites for hydroxylation is 1. The van der Waals surface area contributed by atoms with Gasteiger partial charge in [0.1, 0.15) is 5.39 Å². The molecule has 4 aromatic heterocycles. The van der Waals surface area contributed by atoms with Crippen molar-refractivity contribution in [1.29, 1.82) is 0 Å². The summed E-state index contributed by atoms with van der Waals surface area (Å²) in [5.41, 5.74) is 1.02. The van der Waals surface area contributed by atoms with Gasteiger partial charge in [0.2, 0.25) is 0 Å². The third-order valence-electron chi connectivity index (χ3n) is 4.11. The van der Waals surface area contributed by atoms with Crippen LogP contribution in [0.2, 0.25) is 0 Å². The van der Waals surface area contributed by atoms with Crippen molar-refractivity contribution in [2.45, 2.75) is 6.54 Å². The first-order valence-electron chi connectivity index (χ1n) is 7.91. The fraction of sp³-hybridized carbons (Fsp3) is 0.111. The fourth-order valence-corrected chi connectivity index (χ4v) is 2.73. The van der Waals surface area contributed by atoms with Crippen LogP contribution in [-0.4, -0.2) is 29.1 Å². The lowest BCUT2D eigenvalue weighted by Crippen LogP contribution is -2.39. The highest BCUT2D eigenvalue weighted by molar-refractivity contribution is 5.75. The van der Waals surface area contributed by atoms with Crippen molar-refractivity contribution in [1.82, 2.24) is 29.1 Å². The molecule has 4 aromatic rings. The van der Waals surface area contributed by atoms with Crippen molar-refractivity contribution in [3.05, 3.63) is 81.7 Å². The maximum absolute atomic E-state index is 12.8. The molecular weight excluding hydrogens is 332 g/mol. The van der Waals surface area contributed by atoms with Crippen LogP contribution in [0.4, 0.5) is 0 Å². The number of pyridine rings is 2. The second-order valence-electron chi connectivity index (χ2n) is 5.76. The van der Waals surface area contributed by atoms with Crippen molar-refractivity contribution >= 4 is 11.0 Å². The molecule has 4 heterocycles. The van der Waals surface area contributed by atoms with Crippen molar-refractivity contribution in [2.75, 3.05) is 0 Å². The highest BCUT2D eigenvalue weighted by Crippen LogP contribution is 2.15. The Morgan fingerprint density at radius 1 is 0.962 bits per heavy atom. The van der Waals surface area contributed by atoms with Gasteiger partial charge in [-0.15, -0.1) is 0 Å². The van der Waals surface area contributed by atoms with Crippen LogP contribution in [0.25, 0.3) is 22.4 Å². The molecule has 0 aromatic carbocycles. The summed E-state index contributed by atoms with van der Waals surface area (Å²) in [6, 6.07) is 7.06. The summed E-state index contributed by atoms with van der Waals surface area (Å²) in [6.45, 7) is 0.163. The third-order valence-corrected chi connectivity index (χ3v) is 4.11. The number of hydrogen-bond donors (Lipinski definition) is 0. The van der Waals surface area contributed by atoms with E-state index in [9.17, 15) is 9.59 Å². The predicted octanol–water partition coefficient (Wildman–Crippen LogP) is 0.995. The van der Waals surface area contributed by atoms with Crippen LogP contribution in [0.1, 0.15) is 5.56 Å². The summed E-state index contributed by atoms with van der Waals surface area (Å²) in [4.78, 5) is 42.1. The molecule has 0 aliphatic carbocycles. The van der Waals surface area contributed by atoms with E-state index in [4.69, 9.17) is 0 Å². The molecule has 0 bridgehead atoms. The summed E-state index contributed by atoms with van der Waals surface area (Å²) in [6.07, 6.45) is 7.97. The Balaban J connectivity index is 1.90. The molecule has 0 radical (unpaired) electrons. The Hall–Kier alpha value is -3.68. The van der Waals surface area contributed by atoms with Crippen molar-refractivity contribution in [3.8, 4) is 11.4 Å². The standard InChI is InChI=1S/C18H14N6O2/c1-23-16-14(10-21-15(22-16)13-4-8-20-9-5-13)17(25)24(18(23)26)11-12-2-6-19-7-3-12/h2-10H,11H2,1H3.